The first-order chi connectivity index (χ1) is 17.4. The maximum absolute atomic E-state index is 13.3. The van der Waals surface area contributed by atoms with E-state index in [4.69, 9.17) is 0 Å². The van der Waals surface area contributed by atoms with Crippen LogP contribution in [0.3, 0.4) is 0 Å². The number of fused-ring (bicyclic) bond motifs is 1. The number of aryl methyl sites for hydroxylation is 2. The van der Waals surface area contributed by atoms with Gasteiger partial charge in [-0.15, -0.1) is 0 Å². The summed E-state index contributed by atoms with van der Waals surface area (Å²) in [4.78, 5) is 53.3. The third kappa shape index (κ3) is 5.03. The topological polar surface area (TPSA) is 130 Å². The summed E-state index contributed by atoms with van der Waals surface area (Å²) in [5.74, 6) is -0.164. The van der Waals surface area contributed by atoms with Crippen molar-refractivity contribution in [1.82, 2.24) is 33.6 Å². The van der Waals surface area contributed by atoms with Crippen LogP contribution in [-0.2, 0) is 31.1 Å². The van der Waals surface area contributed by atoms with Crippen molar-refractivity contribution < 1.29 is 18.0 Å². The lowest BCUT2D eigenvalue weighted by molar-refractivity contribution is -0.138. The predicted octanol–water partition coefficient (Wildman–Crippen LogP) is 2.29. The number of nitrogens with one attached hydrogen (secondary N) is 1. The van der Waals surface area contributed by atoms with E-state index in [1.807, 2.05) is 0 Å². The molecule has 0 bridgehead atoms. The van der Waals surface area contributed by atoms with Gasteiger partial charge in [-0.05, 0) is 19.9 Å². The van der Waals surface area contributed by atoms with Crippen LogP contribution in [0, 0.1) is 6.92 Å². The number of rotatable bonds is 7. The van der Waals surface area contributed by atoms with E-state index in [1.54, 1.807) is 0 Å². The van der Waals surface area contributed by atoms with Crippen molar-refractivity contribution in [3.63, 3.8) is 0 Å². The zero-order valence-electron chi connectivity index (χ0n) is 20.0. The summed E-state index contributed by atoms with van der Waals surface area (Å²) in [5.41, 5.74) is -1.50. The molecule has 0 amide bonds. The fourth-order valence-electron chi connectivity index (χ4n) is 3.76. The van der Waals surface area contributed by atoms with Gasteiger partial charge in [0.25, 0.3) is 5.56 Å². The number of carbonyl (C=O) groups is 1. The number of allylic oxidation sites excluding steroid dienone is 1. The summed E-state index contributed by atoms with van der Waals surface area (Å²) in [6.45, 7) is 6.10. The maximum atomic E-state index is 13.3. The highest BCUT2D eigenvalue weighted by Gasteiger charge is 2.33. The molecule has 14 heteroatoms. The van der Waals surface area contributed by atoms with Gasteiger partial charge in [-0.25, -0.2) is 14.8 Å². The van der Waals surface area contributed by atoms with Gasteiger partial charge >= 0.3 is 11.9 Å². The Bertz CT molecular complexity index is 1670. The van der Waals surface area contributed by atoms with Gasteiger partial charge in [-0.3, -0.25) is 28.7 Å². The number of anilines is 1. The Morgan fingerprint density at radius 3 is 2.54 bits per heavy atom. The summed E-state index contributed by atoms with van der Waals surface area (Å²) in [7, 11) is 1.44. The molecule has 192 valence electrons. The van der Waals surface area contributed by atoms with Gasteiger partial charge in [-0.2, -0.15) is 13.2 Å². The number of ketones is 1. The second kappa shape index (κ2) is 9.44. The molecule has 1 N–H and O–H groups in total. The van der Waals surface area contributed by atoms with E-state index < -0.39 is 23.0 Å². The van der Waals surface area contributed by atoms with E-state index in [-0.39, 0.29) is 52.8 Å². The number of hydrogen-bond acceptors (Lipinski definition) is 8. The Kier molecular flexibility index (Phi) is 6.50. The normalized spacial score (nSPS) is 11.6. The number of imidazole rings is 1. The Morgan fingerprint density at radius 1 is 1.14 bits per heavy atom. The highest BCUT2D eigenvalue weighted by atomic mass is 19.4. The van der Waals surface area contributed by atoms with Gasteiger partial charge in [0.1, 0.15) is 11.6 Å². The zero-order chi connectivity index (χ0) is 27.1. The highest BCUT2D eigenvalue weighted by molar-refractivity contribution is 5.76. The van der Waals surface area contributed by atoms with Crippen LogP contribution in [0.15, 0.2) is 52.8 Å². The zero-order valence-corrected chi connectivity index (χ0v) is 20.0. The molecule has 0 unspecified atom stereocenters. The molecule has 11 nitrogen and oxygen atoms in total. The summed E-state index contributed by atoms with van der Waals surface area (Å²) >= 11 is 0. The molecular formula is C23H21F3N8O3. The second-order valence-electron chi connectivity index (χ2n) is 8.35. The Morgan fingerprint density at radius 2 is 1.86 bits per heavy atom. The van der Waals surface area contributed by atoms with Gasteiger partial charge in [-0.1, -0.05) is 6.58 Å². The van der Waals surface area contributed by atoms with E-state index in [0.29, 0.717) is 5.70 Å². The molecule has 4 aromatic rings. The molecule has 0 atom stereocenters. The van der Waals surface area contributed by atoms with Crippen LogP contribution < -0.4 is 16.6 Å². The summed E-state index contributed by atoms with van der Waals surface area (Å²) in [6.07, 6.45) is 0.736. The minimum atomic E-state index is -4.56. The van der Waals surface area contributed by atoms with Crippen LogP contribution in [0.2, 0.25) is 0 Å². The average Bonchev–Trinajstić information content (AvgIpc) is 3.23. The lowest BCUT2D eigenvalue weighted by Gasteiger charge is -2.13. The van der Waals surface area contributed by atoms with E-state index in [0.717, 1.165) is 10.6 Å². The summed E-state index contributed by atoms with van der Waals surface area (Å²) in [6, 6.07) is 0.957. The molecule has 0 aliphatic rings. The van der Waals surface area contributed by atoms with Gasteiger partial charge in [0, 0.05) is 30.2 Å². The van der Waals surface area contributed by atoms with E-state index >= 15 is 0 Å². The van der Waals surface area contributed by atoms with Crippen molar-refractivity contribution >= 4 is 22.8 Å². The van der Waals surface area contributed by atoms with Gasteiger partial charge in [0.15, 0.2) is 11.2 Å². The smallest absolute Gasteiger partial charge is 0.341 e. The minimum Gasteiger partial charge on any atom is -0.341 e. The van der Waals surface area contributed by atoms with Crippen LogP contribution >= 0.6 is 0 Å². The first-order valence-electron chi connectivity index (χ1n) is 10.8. The Hall–Kier alpha value is -4.62. The van der Waals surface area contributed by atoms with E-state index in [2.05, 4.69) is 31.8 Å². The van der Waals surface area contributed by atoms with Crippen LogP contribution in [-0.4, -0.2) is 39.4 Å². The molecule has 37 heavy (non-hydrogen) atoms. The molecule has 0 aliphatic heterocycles. The molecule has 0 aromatic carbocycles. The van der Waals surface area contributed by atoms with Crippen molar-refractivity contribution in [2.75, 3.05) is 5.32 Å². The van der Waals surface area contributed by atoms with Gasteiger partial charge in [0.2, 0.25) is 0 Å². The van der Waals surface area contributed by atoms with Crippen molar-refractivity contribution in [2.45, 2.75) is 33.1 Å². The second-order valence-corrected chi connectivity index (χ2v) is 8.35. The van der Waals surface area contributed by atoms with Crippen LogP contribution in [0.1, 0.15) is 18.2 Å². The number of Topliss-reactive ketones (excluding diaryl/α,β-unsaturated/α-hetero) is 1. The predicted molar refractivity (Wildman–Crippen MR) is 128 cm³/mol. The van der Waals surface area contributed by atoms with Crippen molar-refractivity contribution in [3.05, 3.63) is 75.4 Å². The fourth-order valence-corrected chi connectivity index (χ4v) is 3.76. The average molecular weight is 514 g/mol. The third-order valence-corrected chi connectivity index (χ3v) is 5.47. The monoisotopic (exact) mass is 514 g/mol. The number of alkyl halides is 3. The number of carbonyl (C=O) groups excluding carboxylic acids is 1. The number of pyridine rings is 1. The molecular weight excluding hydrogens is 493 g/mol. The molecule has 0 radical (unpaired) electrons. The first-order valence-corrected chi connectivity index (χ1v) is 10.8. The number of aromatic nitrogens is 7. The van der Waals surface area contributed by atoms with E-state index in [1.165, 1.54) is 54.9 Å². The quantitative estimate of drug-likeness (QED) is 0.398. The first kappa shape index (κ1) is 25.5. The number of hydrogen-bond donors (Lipinski definition) is 1. The summed E-state index contributed by atoms with van der Waals surface area (Å²) in [5, 5.41) is 2.91. The van der Waals surface area contributed by atoms with Gasteiger partial charge < -0.3 is 9.88 Å². The molecule has 0 fully saturated rings. The lowest BCUT2D eigenvalue weighted by atomic mass is 10.1. The third-order valence-electron chi connectivity index (χ3n) is 5.47. The van der Waals surface area contributed by atoms with Crippen LogP contribution in [0.25, 0.3) is 22.4 Å². The Balaban J connectivity index is 1.62. The molecule has 4 heterocycles. The lowest BCUT2D eigenvalue weighted by Crippen LogP contribution is -2.41. The van der Waals surface area contributed by atoms with Crippen molar-refractivity contribution in [1.29, 1.82) is 0 Å². The molecule has 0 saturated carbocycles. The largest absolute Gasteiger partial charge is 0.418 e. The summed E-state index contributed by atoms with van der Waals surface area (Å²) < 4.78 is 43.3. The van der Waals surface area contributed by atoms with Crippen molar-refractivity contribution in [3.8, 4) is 11.3 Å². The number of nitrogens with zero attached hydrogens (tertiary/aromatic N) is 7. The SMILES string of the molecule is C=C(Cn1cnc2c1c(=O)n(CC(C)=O)c(=O)n2C)Nc1cncc(-c2cnc(C)c(C(F)(F)F)c2)n1. The molecule has 0 saturated heterocycles. The van der Waals surface area contributed by atoms with Gasteiger partial charge in [0.05, 0.1) is 43.1 Å². The van der Waals surface area contributed by atoms with Crippen molar-refractivity contribution in [2.24, 2.45) is 7.05 Å². The maximum Gasteiger partial charge on any atom is 0.418 e. The van der Waals surface area contributed by atoms with Crippen LogP contribution in [0.4, 0.5) is 19.0 Å². The molecule has 0 spiro atoms. The highest BCUT2D eigenvalue weighted by Crippen LogP contribution is 2.33. The molecule has 0 aliphatic carbocycles. The standard InChI is InChI=1S/C23H21F3N8O3/c1-12(9-33-11-29-20-19(33)21(36)34(10-13(2)35)22(37)32(20)4)30-18-8-27-7-17(31-18)15-5-16(23(24,25)26)14(3)28-6-15/h5-8,11H,1,9-10H2,2-4H3,(H,30,31). The molecule has 4 aromatic heterocycles. The fraction of sp³-hybridized carbons (Fsp3) is 0.261. The van der Waals surface area contributed by atoms with Crippen LogP contribution in [0.5, 0.6) is 0 Å². The van der Waals surface area contributed by atoms with E-state index in [9.17, 15) is 27.6 Å². The molecule has 4 rings (SSSR count). The minimum absolute atomic E-state index is 0.0280. The Labute approximate surface area is 207 Å². The number of halogens is 3.